The second-order valence-corrected chi connectivity index (χ2v) is 7.26. The van der Waals surface area contributed by atoms with Gasteiger partial charge in [0, 0.05) is 0 Å². The summed E-state index contributed by atoms with van der Waals surface area (Å²) in [5, 5.41) is 0. The van der Waals surface area contributed by atoms with Gasteiger partial charge in [0.15, 0.2) is 0 Å². The SMILES string of the molecule is CCCCCCCCCC/C=C/c1ccc(OCC2(C)CO2)cc1. The molecule has 1 aromatic rings. The fraction of sp³-hybridized carbons (Fsp3) is 0.636. The van der Waals surface area contributed by atoms with Crippen molar-refractivity contribution in [2.24, 2.45) is 0 Å². The second kappa shape index (κ2) is 10.6. The minimum Gasteiger partial charge on any atom is -0.491 e. The smallest absolute Gasteiger partial charge is 0.123 e. The average molecular weight is 331 g/mol. The van der Waals surface area contributed by atoms with Gasteiger partial charge in [0.25, 0.3) is 0 Å². The van der Waals surface area contributed by atoms with E-state index >= 15 is 0 Å². The highest BCUT2D eigenvalue weighted by Gasteiger charge is 2.40. The van der Waals surface area contributed by atoms with E-state index < -0.39 is 0 Å². The zero-order chi connectivity index (χ0) is 17.1. The molecule has 0 amide bonds. The number of rotatable bonds is 13. The number of allylic oxidation sites excluding steroid dienone is 1. The Balaban J connectivity index is 1.52. The summed E-state index contributed by atoms with van der Waals surface area (Å²) in [5.74, 6) is 0.923. The van der Waals surface area contributed by atoms with Crippen molar-refractivity contribution in [2.75, 3.05) is 13.2 Å². The van der Waals surface area contributed by atoms with Crippen molar-refractivity contribution in [2.45, 2.75) is 77.2 Å². The predicted molar refractivity (Wildman–Crippen MR) is 103 cm³/mol. The van der Waals surface area contributed by atoms with E-state index in [-0.39, 0.29) is 5.60 Å². The number of epoxide rings is 1. The van der Waals surface area contributed by atoms with E-state index in [1.54, 1.807) is 0 Å². The normalized spacial score (nSPS) is 19.8. The Hall–Kier alpha value is -1.28. The second-order valence-electron chi connectivity index (χ2n) is 7.26. The van der Waals surface area contributed by atoms with Crippen molar-refractivity contribution in [1.29, 1.82) is 0 Å². The van der Waals surface area contributed by atoms with Gasteiger partial charge in [0.2, 0.25) is 0 Å². The number of unbranched alkanes of at least 4 members (excludes halogenated alkanes) is 8. The minimum absolute atomic E-state index is 0.0470. The van der Waals surface area contributed by atoms with Crippen molar-refractivity contribution in [3.63, 3.8) is 0 Å². The molecule has 134 valence electrons. The van der Waals surface area contributed by atoms with Gasteiger partial charge in [-0.3, -0.25) is 0 Å². The number of ether oxygens (including phenoxy) is 2. The van der Waals surface area contributed by atoms with Crippen molar-refractivity contribution in [3.05, 3.63) is 35.9 Å². The summed E-state index contributed by atoms with van der Waals surface area (Å²) in [4.78, 5) is 0. The fourth-order valence-corrected chi connectivity index (χ4v) is 2.73. The van der Waals surface area contributed by atoms with Crippen LogP contribution in [0.5, 0.6) is 5.75 Å². The van der Waals surface area contributed by atoms with Gasteiger partial charge in [-0.25, -0.2) is 0 Å². The lowest BCUT2D eigenvalue weighted by atomic mass is 10.1. The van der Waals surface area contributed by atoms with E-state index in [2.05, 4.69) is 38.1 Å². The molecule has 2 heteroatoms. The van der Waals surface area contributed by atoms with Crippen molar-refractivity contribution in [1.82, 2.24) is 0 Å². The van der Waals surface area contributed by atoms with Crippen LogP contribution in [0.25, 0.3) is 6.08 Å². The topological polar surface area (TPSA) is 21.8 Å². The lowest BCUT2D eigenvalue weighted by Crippen LogP contribution is -2.16. The van der Waals surface area contributed by atoms with Crippen LogP contribution in [0.2, 0.25) is 0 Å². The molecule has 0 aromatic heterocycles. The zero-order valence-corrected chi connectivity index (χ0v) is 15.6. The average Bonchev–Trinajstić information content (AvgIpc) is 3.34. The largest absolute Gasteiger partial charge is 0.491 e. The van der Waals surface area contributed by atoms with Crippen LogP contribution in [-0.2, 0) is 4.74 Å². The Bertz CT molecular complexity index is 471. The third kappa shape index (κ3) is 8.01. The summed E-state index contributed by atoms with van der Waals surface area (Å²) >= 11 is 0. The van der Waals surface area contributed by atoms with E-state index in [4.69, 9.17) is 9.47 Å². The molecule has 0 saturated carbocycles. The Morgan fingerprint density at radius 1 is 1.00 bits per heavy atom. The predicted octanol–water partition coefficient (Wildman–Crippen LogP) is 6.40. The van der Waals surface area contributed by atoms with Crippen LogP contribution in [0.15, 0.2) is 30.3 Å². The molecule has 1 heterocycles. The summed E-state index contributed by atoms with van der Waals surface area (Å²) in [6.07, 6.45) is 16.8. The van der Waals surface area contributed by atoms with Crippen molar-refractivity contribution < 1.29 is 9.47 Å². The minimum atomic E-state index is -0.0470. The quantitative estimate of drug-likeness (QED) is 0.308. The first-order chi connectivity index (χ1) is 11.7. The van der Waals surface area contributed by atoms with Crippen LogP contribution in [0.3, 0.4) is 0 Å². The van der Waals surface area contributed by atoms with Crippen LogP contribution in [0.4, 0.5) is 0 Å². The molecule has 0 N–H and O–H groups in total. The molecule has 2 nitrogen and oxygen atoms in total. The van der Waals surface area contributed by atoms with Crippen molar-refractivity contribution in [3.8, 4) is 5.75 Å². The summed E-state index contributed by atoms with van der Waals surface area (Å²) in [6.45, 7) is 5.80. The van der Waals surface area contributed by atoms with Gasteiger partial charge in [-0.1, -0.05) is 76.2 Å². The summed E-state index contributed by atoms with van der Waals surface area (Å²) in [6, 6.07) is 8.33. The van der Waals surface area contributed by atoms with Crippen LogP contribution in [0, 0.1) is 0 Å². The maximum atomic E-state index is 5.74. The first-order valence-electron chi connectivity index (χ1n) is 9.75. The standard InChI is InChI=1S/C22H34O2/c1-3-4-5-6-7-8-9-10-11-12-13-20-14-16-21(17-15-20)23-18-22(2)19-24-22/h12-17H,3-11,18-19H2,1-2H3/b13-12+. The van der Waals surface area contributed by atoms with Crippen LogP contribution in [-0.4, -0.2) is 18.8 Å². The number of hydrogen-bond donors (Lipinski definition) is 0. The third-order valence-electron chi connectivity index (χ3n) is 4.60. The maximum absolute atomic E-state index is 5.74. The number of hydrogen-bond acceptors (Lipinski definition) is 2. The van der Waals surface area contributed by atoms with E-state index in [1.165, 1.54) is 63.4 Å². The molecular weight excluding hydrogens is 296 g/mol. The van der Waals surface area contributed by atoms with Crippen LogP contribution < -0.4 is 4.74 Å². The highest BCUT2D eigenvalue weighted by Crippen LogP contribution is 2.27. The lowest BCUT2D eigenvalue weighted by molar-refractivity contribution is 0.202. The highest BCUT2D eigenvalue weighted by molar-refractivity contribution is 5.50. The van der Waals surface area contributed by atoms with Gasteiger partial charge in [-0.05, 0) is 37.5 Å². The van der Waals surface area contributed by atoms with Crippen LogP contribution in [0.1, 0.15) is 77.2 Å². The molecule has 1 unspecified atom stereocenters. The summed E-state index contributed by atoms with van der Waals surface area (Å²) < 4.78 is 11.1. The van der Waals surface area contributed by atoms with Gasteiger partial charge in [0.05, 0.1) is 6.61 Å². The van der Waals surface area contributed by atoms with Crippen molar-refractivity contribution >= 4 is 6.08 Å². The third-order valence-corrected chi connectivity index (χ3v) is 4.60. The Morgan fingerprint density at radius 3 is 2.25 bits per heavy atom. The van der Waals surface area contributed by atoms with E-state index in [1.807, 2.05) is 12.1 Å². The summed E-state index contributed by atoms with van der Waals surface area (Å²) in [7, 11) is 0. The summed E-state index contributed by atoms with van der Waals surface area (Å²) in [5.41, 5.74) is 1.20. The molecule has 0 aliphatic carbocycles. The fourth-order valence-electron chi connectivity index (χ4n) is 2.73. The molecule has 1 aliphatic heterocycles. The first kappa shape index (κ1) is 19.1. The zero-order valence-electron chi connectivity index (χ0n) is 15.6. The van der Waals surface area contributed by atoms with Gasteiger partial charge in [0.1, 0.15) is 18.0 Å². The molecule has 1 fully saturated rings. The van der Waals surface area contributed by atoms with Gasteiger partial charge >= 0.3 is 0 Å². The first-order valence-corrected chi connectivity index (χ1v) is 9.75. The molecular formula is C22H34O2. The molecule has 0 spiro atoms. The highest BCUT2D eigenvalue weighted by atomic mass is 16.6. The molecule has 1 aliphatic rings. The lowest BCUT2D eigenvalue weighted by Gasteiger charge is -2.08. The Morgan fingerprint density at radius 2 is 1.62 bits per heavy atom. The van der Waals surface area contributed by atoms with E-state index in [0.29, 0.717) is 6.61 Å². The molecule has 0 bridgehead atoms. The Labute approximate surface area is 148 Å². The van der Waals surface area contributed by atoms with E-state index in [0.717, 1.165) is 12.4 Å². The van der Waals surface area contributed by atoms with E-state index in [9.17, 15) is 0 Å². The molecule has 1 atom stereocenters. The molecule has 24 heavy (non-hydrogen) atoms. The molecule has 1 saturated heterocycles. The molecule has 2 rings (SSSR count). The number of benzene rings is 1. The van der Waals surface area contributed by atoms with Gasteiger partial charge < -0.3 is 9.47 Å². The van der Waals surface area contributed by atoms with Gasteiger partial charge in [-0.2, -0.15) is 0 Å². The Kier molecular flexibility index (Phi) is 8.38. The van der Waals surface area contributed by atoms with Crippen LogP contribution >= 0.6 is 0 Å². The monoisotopic (exact) mass is 330 g/mol. The molecule has 0 radical (unpaired) electrons. The molecule has 1 aromatic carbocycles. The maximum Gasteiger partial charge on any atom is 0.123 e. The van der Waals surface area contributed by atoms with Gasteiger partial charge in [-0.15, -0.1) is 0 Å².